The molecule has 0 aliphatic heterocycles. The Morgan fingerprint density at radius 1 is 1.37 bits per heavy atom. The predicted octanol–water partition coefficient (Wildman–Crippen LogP) is 2.83. The van der Waals surface area contributed by atoms with E-state index in [9.17, 15) is 5.11 Å². The molecule has 19 heavy (non-hydrogen) atoms. The van der Waals surface area contributed by atoms with E-state index < -0.39 is 6.10 Å². The fourth-order valence-corrected chi connectivity index (χ4v) is 2.08. The van der Waals surface area contributed by atoms with Crippen LogP contribution in [0.2, 0.25) is 0 Å². The van der Waals surface area contributed by atoms with Crippen LogP contribution in [0.25, 0.3) is 0 Å². The van der Waals surface area contributed by atoms with Gasteiger partial charge in [0.05, 0.1) is 11.8 Å². The number of aryl methyl sites for hydroxylation is 1. The fourth-order valence-electron chi connectivity index (χ4n) is 2.08. The van der Waals surface area contributed by atoms with E-state index in [4.69, 9.17) is 0 Å². The molecule has 0 amide bonds. The molecule has 2 aromatic rings. The van der Waals surface area contributed by atoms with Gasteiger partial charge < -0.3 is 5.11 Å². The molecule has 0 spiro atoms. The molecule has 0 aliphatic rings. The maximum atomic E-state index is 10.3. The van der Waals surface area contributed by atoms with E-state index in [0.29, 0.717) is 12.5 Å². The molecule has 2 rings (SSSR count). The maximum absolute atomic E-state index is 10.3. The lowest BCUT2D eigenvalue weighted by Crippen LogP contribution is -2.08. The first-order valence-corrected chi connectivity index (χ1v) is 6.75. The van der Waals surface area contributed by atoms with Gasteiger partial charge in [-0.3, -0.25) is 9.67 Å². The summed E-state index contributed by atoms with van der Waals surface area (Å²) in [5.74, 6) is 0. The highest BCUT2D eigenvalue weighted by Gasteiger charge is 2.14. The molecule has 0 aliphatic carbocycles. The summed E-state index contributed by atoms with van der Waals surface area (Å²) in [6.07, 6.45) is 4.74. The number of pyridine rings is 1. The van der Waals surface area contributed by atoms with Gasteiger partial charge in [-0.1, -0.05) is 13.0 Å². The van der Waals surface area contributed by atoms with Gasteiger partial charge in [0.15, 0.2) is 0 Å². The molecule has 0 aromatic carbocycles. The zero-order valence-corrected chi connectivity index (χ0v) is 11.7. The molecule has 0 fully saturated rings. The Bertz CT molecular complexity index is 536. The lowest BCUT2D eigenvalue weighted by atomic mass is 10.0. The van der Waals surface area contributed by atoms with Crippen LogP contribution in [-0.4, -0.2) is 19.9 Å². The lowest BCUT2D eigenvalue weighted by Gasteiger charge is -2.12. The fraction of sp³-hybridized carbons (Fsp3) is 0.467. The van der Waals surface area contributed by atoms with Gasteiger partial charge in [-0.25, -0.2) is 0 Å². The number of hydrogen-bond acceptors (Lipinski definition) is 3. The summed E-state index contributed by atoms with van der Waals surface area (Å²) in [6.45, 7) is 6.19. The van der Waals surface area contributed by atoms with E-state index in [2.05, 4.69) is 23.9 Å². The van der Waals surface area contributed by atoms with Crippen LogP contribution in [0.4, 0.5) is 0 Å². The van der Waals surface area contributed by atoms with Gasteiger partial charge in [0.1, 0.15) is 0 Å². The quantitative estimate of drug-likeness (QED) is 0.898. The van der Waals surface area contributed by atoms with Crippen LogP contribution < -0.4 is 0 Å². The van der Waals surface area contributed by atoms with Gasteiger partial charge >= 0.3 is 0 Å². The molecule has 0 saturated carbocycles. The monoisotopic (exact) mass is 259 g/mol. The number of nitrogens with zero attached hydrogens (tertiary/aromatic N) is 3. The number of rotatable bonds is 5. The first kappa shape index (κ1) is 13.7. The number of hydrogen-bond donors (Lipinski definition) is 1. The summed E-state index contributed by atoms with van der Waals surface area (Å²) < 4.78 is 1.96. The first-order chi connectivity index (χ1) is 9.11. The Balaban J connectivity index is 2.09. The van der Waals surface area contributed by atoms with Gasteiger partial charge in [0.2, 0.25) is 0 Å². The minimum Gasteiger partial charge on any atom is -0.388 e. The Morgan fingerprint density at radius 3 is 2.84 bits per heavy atom. The van der Waals surface area contributed by atoms with Crippen LogP contribution >= 0.6 is 0 Å². The number of aliphatic hydroxyl groups excluding tert-OH is 1. The van der Waals surface area contributed by atoms with Gasteiger partial charge in [0, 0.05) is 36.1 Å². The standard InChI is InChI=1S/C15H21N3O/c1-4-11(2)18-9-7-13(17-18)10-15(19)14-6-5-8-16-12(14)3/h5-9,11,15,19H,4,10H2,1-3H3. The van der Waals surface area contributed by atoms with Crippen molar-refractivity contribution in [2.75, 3.05) is 0 Å². The van der Waals surface area contributed by atoms with Crippen LogP contribution in [0.15, 0.2) is 30.6 Å². The minimum atomic E-state index is -0.547. The molecule has 102 valence electrons. The molecule has 0 saturated heterocycles. The van der Waals surface area contributed by atoms with Crippen LogP contribution in [0.3, 0.4) is 0 Å². The van der Waals surface area contributed by atoms with Gasteiger partial charge in [-0.2, -0.15) is 5.10 Å². The summed E-state index contributed by atoms with van der Waals surface area (Å²) in [5.41, 5.74) is 2.66. The molecular formula is C15H21N3O. The zero-order chi connectivity index (χ0) is 13.8. The largest absolute Gasteiger partial charge is 0.388 e. The maximum Gasteiger partial charge on any atom is 0.0863 e. The highest BCUT2D eigenvalue weighted by Crippen LogP contribution is 2.20. The smallest absolute Gasteiger partial charge is 0.0863 e. The SMILES string of the molecule is CCC(C)n1ccc(CC(O)c2cccnc2C)n1. The number of aliphatic hydroxyl groups is 1. The topological polar surface area (TPSA) is 50.9 Å². The van der Waals surface area contributed by atoms with Crippen molar-refractivity contribution in [2.45, 2.75) is 45.8 Å². The van der Waals surface area contributed by atoms with Gasteiger partial charge in [0.25, 0.3) is 0 Å². The first-order valence-electron chi connectivity index (χ1n) is 6.75. The molecule has 2 heterocycles. The third kappa shape index (κ3) is 3.20. The van der Waals surface area contributed by atoms with Crippen LogP contribution in [0, 0.1) is 6.92 Å². The van der Waals surface area contributed by atoms with Crippen molar-refractivity contribution in [3.05, 3.63) is 47.5 Å². The van der Waals surface area contributed by atoms with Crippen molar-refractivity contribution < 1.29 is 5.11 Å². The van der Waals surface area contributed by atoms with Crippen LogP contribution in [0.1, 0.15) is 49.4 Å². The zero-order valence-electron chi connectivity index (χ0n) is 11.7. The van der Waals surface area contributed by atoms with E-state index in [1.807, 2.05) is 36.0 Å². The summed E-state index contributed by atoms with van der Waals surface area (Å²) in [6, 6.07) is 6.13. The van der Waals surface area contributed by atoms with Crippen molar-refractivity contribution in [3.63, 3.8) is 0 Å². The van der Waals surface area contributed by atoms with Crippen LogP contribution in [0.5, 0.6) is 0 Å². The average Bonchev–Trinajstić information content (AvgIpc) is 2.86. The van der Waals surface area contributed by atoms with Crippen molar-refractivity contribution >= 4 is 0 Å². The van der Waals surface area contributed by atoms with E-state index in [-0.39, 0.29) is 0 Å². The second kappa shape index (κ2) is 5.97. The van der Waals surface area contributed by atoms with Gasteiger partial charge in [-0.05, 0) is 32.4 Å². The third-order valence-electron chi connectivity index (χ3n) is 3.52. The Labute approximate surface area is 114 Å². The Hall–Kier alpha value is -1.68. The molecule has 2 unspecified atom stereocenters. The average molecular weight is 259 g/mol. The molecular weight excluding hydrogens is 238 g/mol. The molecule has 4 nitrogen and oxygen atoms in total. The molecule has 1 N–H and O–H groups in total. The summed E-state index contributed by atoms with van der Waals surface area (Å²) in [7, 11) is 0. The molecule has 4 heteroatoms. The summed E-state index contributed by atoms with van der Waals surface area (Å²) >= 11 is 0. The molecule has 0 radical (unpaired) electrons. The Kier molecular flexibility index (Phi) is 4.32. The second-order valence-electron chi connectivity index (χ2n) is 4.94. The number of aromatic nitrogens is 3. The van der Waals surface area contributed by atoms with E-state index in [1.54, 1.807) is 6.20 Å². The second-order valence-corrected chi connectivity index (χ2v) is 4.94. The van der Waals surface area contributed by atoms with E-state index in [0.717, 1.165) is 23.4 Å². The van der Waals surface area contributed by atoms with Crippen LogP contribution in [-0.2, 0) is 6.42 Å². The molecule has 2 atom stereocenters. The van der Waals surface area contributed by atoms with Crippen molar-refractivity contribution in [3.8, 4) is 0 Å². The van der Waals surface area contributed by atoms with Gasteiger partial charge in [-0.15, -0.1) is 0 Å². The highest BCUT2D eigenvalue weighted by molar-refractivity contribution is 5.22. The lowest BCUT2D eigenvalue weighted by molar-refractivity contribution is 0.175. The van der Waals surface area contributed by atoms with E-state index in [1.165, 1.54) is 0 Å². The molecule has 2 aromatic heterocycles. The normalized spacial score (nSPS) is 14.3. The Morgan fingerprint density at radius 2 is 2.16 bits per heavy atom. The van der Waals surface area contributed by atoms with Crippen molar-refractivity contribution in [2.24, 2.45) is 0 Å². The summed E-state index contributed by atoms with van der Waals surface area (Å²) in [4.78, 5) is 4.20. The van der Waals surface area contributed by atoms with Crippen molar-refractivity contribution in [1.29, 1.82) is 0 Å². The minimum absolute atomic E-state index is 0.394. The van der Waals surface area contributed by atoms with Crippen molar-refractivity contribution in [1.82, 2.24) is 14.8 Å². The molecule has 0 bridgehead atoms. The van der Waals surface area contributed by atoms with E-state index >= 15 is 0 Å². The highest BCUT2D eigenvalue weighted by atomic mass is 16.3. The predicted molar refractivity (Wildman–Crippen MR) is 74.9 cm³/mol. The third-order valence-corrected chi connectivity index (χ3v) is 3.52. The summed E-state index contributed by atoms with van der Waals surface area (Å²) in [5, 5.41) is 14.8.